The van der Waals surface area contributed by atoms with E-state index in [2.05, 4.69) is 0 Å². The van der Waals surface area contributed by atoms with Gasteiger partial charge in [-0.05, 0) is 0 Å². The van der Waals surface area contributed by atoms with Crippen molar-refractivity contribution in [1.82, 2.24) is 0 Å². The van der Waals surface area contributed by atoms with Gasteiger partial charge in [-0.1, -0.05) is 0 Å². The van der Waals surface area contributed by atoms with Crippen molar-refractivity contribution in [3.63, 3.8) is 0 Å². The third kappa shape index (κ3) is 8.86. The molecule has 0 aliphatic heterocycles. The Hall–Kier alpha value is 2.27. The van der Waals surface area contributed by atoms with Gasteiger partial charge in [0.1, 0.15) is 0 Å². The van der Waals surface area contributed by atoms with Crippen molar-refractivity contribution in [3.8, 4) is 0 Å². The van der Waals surface area contributed by atoms with Gasteiger partial charge in [0.05, 0.1) is 0 Å². The van der Waals surface area contributed by atoms with Crippen molar-refractivity contribution in [2.45, 2.75) is 0 Å². The Balaban J connectivity index is 0. The molecule has 4 heavy (non-hydrogen) atoms. The first-order valence-corrected chi connectivity index (χ1v) is 0. The van der Waals surface area contributed by atoms with Gasteiger partial charge in [-0.2, -0.15) is 0 Å². The Bertz CT molecular complexity index is 6.00. The summed E-state index contributed by atoms with van der Waals surface area (Å²) in [5.74, 6) is 0. The van der Waals surface area contributed by atoms with Crippen LogP contribution in [0.3, 0.4) is 0 Å². The van der Waals surface area contributed by atoms with Gasteiger partial charge in [-0.15, -0.1) is 0 Å². The van der Waals surface area contributed by atoms with Gasteiger partial charge in [0.15, 0.2) is 0 Å². The summed E-state index contributed by atoms with van der Waals surface area (Å²) in [5, 5.41) is 0. The third-order valence-corrected chi connectivity index (χ3v) is 0. The Morgan fingerprint density at radius 2 is 0.750 bits per heavy atom. The molecule has 0 saturated heterocycles. The van der Waals surface area contributed by atoms with Crippen LogP contribution in [0.2, 0.25) is 0 Å². The van der Waals surface area contributed by atoms with Crippen LogP contribution in [0.15, 0.2) is 0 Å². The summed E-state index contributed by atoms with van der Waals surface area (Å²) < 4.78 is 0. The minimum Gasteiger partial charge on any atom is 0 e. The van der Waals surface area contributed by atoms with Crippen molar-refractivity contribution in [3.05, 3.63) is 0 Å². The molecule has 0 aromatic carbocycles. The molecule has 0 amide bonds. The first-order chi connectivity index (χ1) is 0. The fourth-order valence-electron chi connectivity index (χ4n) is 0. The van der Waals surface area contributed by atoms with E-state index in [4.69, 9.17) is 0 Å². The molecule has 0 aliphatic carbocycles. The molecule has 0 spiro atoms. The molecule has 0 fully saturated rings. The molecule has 0 rings (SSSR count). The van der Waals surface area contributed by atoms with Crippen LogP contribution in [0.4, 0.5) is 0 Å². The third-order valence-electron chi connectivity index (χ3n) is 0. The van der Waals surface area contributed by atoms with Gasteiger partial charge in [-0.3, -0.25) is 0 Å². The number of hydrogen-bond acceptors (Lipinski definition) is 0. The van der Waals surface area contributed by atoms with E-state index < -0.39 is 0 Å². The second kappa shape index (κ2) is 18.6. The molecular weight excluding hydrogens is 119 g/mol. The van der Waals surface area contributed by atoms with Gasteiger partial charge < -0.3 is 11.0 Å². The average molecular weight is 124 g/mol. The first-order valence-electron chi connectivity index (χ1n) is 0. The molecule has 0 heterocycles. The van der Waals surface area contributed by atoms with E-state index in [1.165, 1.54) is 0 Å². The molecule has 0 radical (unpaired) electrons. The van der Waals surface area contributed by atoms with Crippen LogP contribution in [0.5, 0.6) is 0 Å². The van der Waals surface area contributed by atoms with Gasteiger partial charge in [0.25, 0.3) is 0 Å². The van der Waals surface area contributed by atoms with Crippen molar-refractivity contribution < 1.29 is 32.7 Å². The summed E-state index contributed by atoms with van der Waals surface area (Å²) in [6.07, 6.45) is 0. The van der Waals surface area contributed by atoms with E-state index in [0.29, 0.717) is 0 Å². The fourth-order valence-corrected chi connectivity index (χ4v) is 0. The Labute approximate surface area is 82.3 Å². The number of hydrogen-bond donors (Lipinski definition) is 0. The predicted molar refractivity (Wildman–Crippen MR) is 14.4 cm³/mol. The van der Waals surface area contributed by atoms with Crippen LogP contribution in [0.1, 0.15) is 0 Å². The van der Waals surface area contributed by atoms with E-state index in [1.54, 1.807) is 0 Å². The largest absolute Gasteiger partial charge is 0 e. The van der Waals surface area contributed by atoms with E-state index in [1.807, 2.05) is 0 Å². The molecule has 0 bridgehead atoms. The zero-order valence-electron chi connectivity index (χ0n) is 1.50. The van der Waals surface area contributed by atoms with Crippen molar-refractivity contribution in [2.75, 3.05) is 0 Å². The van der Waals surface area contributed by atoms with Gasteiger partial charge in [-0.25, -0.2) is 0 Å². The summed E-state index contributed by atoms with van der Waals surface area (Å²) in [5.41, 5.74) is 0. The monoisotopic (exact) mass is 124 g/mol. The van der Waals surface area contributed by atoms with Crippen LogP contribution in [0.25, 0.3) is 0 Å². The summed E-state index contributed by atoms with van der Waals surface area (Å²) in [6, 6.07) is 0. The maximum Gasteiger partial charge on any atom is 0 e. The SMILES string of the molecule is O.O.[KH].[Ti]. The molecule has 22 valence electrons. The summed E-state index contributed by atoms with van der Waals surface area (Å²) in [7, 11) is 0. The average Bonchev–Trinajstić information content (AvgIpc) is 0. The molecule has 0 aliphatic rings. The van der Waals surface area contributed by atoms with Gasteiger partial charge >= 0.3 is 51.4 Å². The van der Waals surface area contributed by atoms with Crippen LogP contribution in [-0.2, 0) is 21.7 Å². The van der Waals surface area contributed by atoms with Crippen LogP contribution in [0, 0.1) is 0 Å². The van der Waals surface area contributed by atoms with Crippen molar-refractivity contribution in [2.24, 2.45) is 0 Å². The maximum absolute atomic E-state index is 0. The zero-order valence-corrected chi connectivity index (χ0v) is 3.06. The van der Waals surface area contributed by atoms with E-state index >= 15 is 0 Å². The standard InChI is InChI=1S/K.2H2O.Ti.H/h;2*1H2;;. The number of rotatable bonds is 0. The molecule has 0 saturated carbocycles. The van der Waals surface area contributed by atoms with E-state index in [9.17, 15) is 0 Å². The Kier molecular flexibility index (Phi) is 157. The first kappa shape index (κ1) is 33.8. The normalized spacial score (nSPS) is 0. The molecule has 2 nitrogen and oxygen atoms in total. The van der Waals surface area contributed by atoms with E-state index in [-0.39, 0.29) is 84.1 Å². The second-order valence-corrected chi connectivity index (χ2v) is 0. The van der Waals surface area contributed by atoms with Crippen molar-refractivity contribution in [1.29, 1.82) is 0 Å². The summed E-state index contributed by atoms with van der Waals surface area (Å²) in [6.45, 7) is 0. The second-order valence-electron chi connectivity index (χ2n) is 0. The van der Waals surface area contributed by atoms with Crippen LogP contribution < -0.4 is 0 Å². The fraction of sp³-hybridized carbons (Fsp3) is 0. The molecular formula is H5KO2Ti. The minimum absolute atomic E-state index is 0. The Morgan fingerprint density at radius 3 is 0.750 bits per heavy atom. The maximum atomic E-state index is 0. The van der Waals surface area contributed by atoms with Gasteiger partial charge in [0, 0.05) is 21.7 Å². The predicted octanol–water partition coefficient (Wildman–Crippen LogP) is -2.30. The summed E-state index contributed by atoms with van der Waals surface area (Å²) in [4.78, 5) is 0. The minimum atomic E-state index is 0. The molecule has 0 unspecified atom stereocenters. The van der Waals surface area contributed by atoms with Crippen LogP contribution >= 0.6 is 0 Å². The smallest absolute Gasteiger partial charge is 0 e. The van der Waals surface area contributed by atoms with Crippen molar-refractivity contribution >= 4 is 51.4 Å². The molecule has 0 atom stereocenters. The molecule has 0 aromatic rings. The zero-order chi connectivity index (χ0) is 0. The molecule has 4 heteroatoms. The topological polar surface area (TPSA) is 63.0 Å². The van der Waals surface area contributed by atoms with Crippen LogP contribution in [-0.4, -0.2) is 62.3 Å². The molecule has 4 N–H and O–H groups in total. The van der Waals surface area contributed by atoms with E-state index in [0.717, 1.165) is 0 Å². The van der Waals surface area contributed by atoms with Gasteiger partial charge in [0.2, 0.25) is 0 Å². The quantitative estimate of drug-likeness (QED) is 0.326. The molecule has 0 aromatic heterocycles. The Morgan fingerprint density at radius 1 is 0.750 bits per heavy atom. The summed E-state index contributed by atoms with van der Waals surface area (Å²) >= 11 is 0.